The normalized spacial score (nSPS) is 13.9. The van der Waals surface area contributed by atoms with Crippen molar-refractivity contribution < 1.29 is 94.9 Å². The zero-order valence-corrected chi connectivity index (χ0v) is 45.6. The van der Waals surface area contributed by atoms with Gasteiger partial charge in [0.15, 0.2) is 0 Å². The van der Waals surface area contributed by atoms with Crippen molar-refractivity contribution in [2.75, 3.05) is 68.1 Å². The minimum Gasteiger partial charge on any atom is -0.492 e. The van der Waals surface area contributed by atoms with Gasteiger partial charge in [0.1, 0.15) is 43.4 Å². The molecule has 0 heterocycles. The maximum Gasteiger partial charge on any atom is 0.417 e. The van der Waals surface area contributed by atoms with Crippen LogP contribution in [0.15, 0.2) is 60.7 Å². The number of methoxy groups -OCH3 is 4. The molecule has 19 nitrogen and oxygen atoms in total. The molecule has 0 aromatic heterocycles. The van der Waals surface area contributed by atoms with Gasteiger partial charge in [0, 0.05) is 11.1 Å². The molecule has 3 aromatic rings. The fourth-order valence-electron chi connectivity index (χ4n) is 8.96. The van der Waals surface area contributed by atoms with Gasteiger partial charge < -0.3 is 47.4 Å². The minimum atomic E-state index is -1.90. The van der Waals surface area contributed by atoms with E-state index in [2.05, 4.69) is 32.5 Å². The molecule has 0 unspecified atom stereocenters. The number of benzene rings is 3. The highest BCUT2D eigenvalue weighted by Gasteiger charge is 2.40. The number of unbranched alkanes of at least 4 members (excludes halogenated alkanes) is 2. The molecule has 424 valence electrons. The number of esters is 9. The summed E-state index contributed by atoms with van der Waals surface area (Å²) in [5.41, 5.74) is 3.22. The summed E-state index contributed by atoms with van der Waals surface area (Å²) in [7, 11) is 3.91. The molecule has 78 heavy (non-hydrogen) atoms. The highest BCUT2D eigenvalue weighted by molar-refractivity contribution is 6.30. The van der Waals surface area contributed by atoms with Crippen molar-refractivity contribution in [1.29, 1.82) is 0 Å². The molecule has 1 aliphatic rings. The Labute approximate surface area is 453 Å². The monoisotopic (exact) mass is 1090 g/mol. The van der Waals surface area contributed by atoms with E-state index in [1.54, 1.807) is 18.2 Å². The first kappa shape index (κ1) is 62.9. The number of hydrogen-bond donors (Lipinski definition) is 0. The van der Waals surface area contributed by atoms with Crippen molar-refractivity contribution in [3.05, 3.63) is 88.8 Å². The van der Waals surface area contributed by atoms with Gasteiger partial charge in [-0.25, -0.2) is 47.5 Å². The summed E-state index contributed by atoms with van der Waals surface area (Å²) in [4.78, 5) is 111. The van der Waals surface area contributed by atoms with Gasteiger partial charge in [-0.3, -0.25) is 0 Å². The molecular weight excluding hydrogens is 1020 g/mol. The Hall–Kier alpha value is -7.64. The van der Waals surface area contributed by atoms with Crippen molar-refractivity contribution >= 4 is 53.7 Å². The number of carbonyl (C=O) groups excluding carboxylic acids is 9. The second-order valence-electron chi connectivity index (χ2n) is 19.0. The van der Waals surface area contributed by atoms with Gasteiger partial charge in [-0.15, -0.1) is 0 Å². The molecule has 0 amide bonds. The lowest BCUT2D eigenvalue weighted by atomic mass is 9.77. The van der Waals surface area contributed by atoms with Crippen LogP contribution in [-0.4, -0.2) is 122 Å². The van der Waals surface area contributed by atoms with Crippen LogP contribution in [0.25, 0.3) is 22.3 Å². The summed E-state index contributed by atoms with van der Waals surface area (Å²) in [5, 5.41) is 0. The van der Waals surface area contributed by atoms with Crippen LogP contribution >= 0.6 is 0 Å². The Kier molecular flexibility index (Phi) is 25.4. The molecule has 3 aromatic carbocycles. The predicted octanol–water partition coefficient (Wildman–Crippen LogP) is 7.79. The molecule has 0 saturated heterocycles. The van der Waals surface area contributed by atoms with Gasteiger partial charge in [0.05, 0.1) is 41.7 Å². The van der Waals surface area contributed by atoms with Gasteiger partial charge >= 0.3 is 53.7 Å². The summed E-state index contributed by atoms with van der Waals surface area (Å²) in [6.07, 6.45) is 10.1. The summed E-state index contributed by atoms with van der Waals surface area (Å²) >= 11 is 0. The highest BCUT2D eigenvalue weighted by Crippen LogP contribution is 2.41. The molecule has 4 rings (SSSR count). The Bertz CT molecular complexity index is 2540. The second-order valence-corrected chi connectivity index (χ2v) is 19.0. The zero-order valence-electron chi connectivity index (χ0n) is 45.6. The maximum atomic E-state index is 16.3. The zero-order chi connectivity index (χ0) is 57.4. The van der Waals surface area contributed by atoms with E-state index in [0.29, 0.717) is 45.7 Å². The number of aryl methyl sites for hydroxylation is 3. The fraction of sp³-hybridized carbons (Fsp3) is 0.500. The maximum absolute atomic E-state index is 16.3. The molecule has 0 bridgehead atoms. The molecular formula is C58H71FO19. The Morgan fingerprint density at radius 3 is 1.47 bits per heavy atom. The quantitative estimate of drug-likeness (QED) is 0.0245. The number of rotatable bonds is 26. The molecule has 0 radical (unpaired) electrons. The van der Waals surface area contributed by atoms with Gasteiger partial charge in [0.25, 0.3) is 0 Å². The van der Waals surface area contributed by atoms with E-state index in [-0.39, 0.29) is 56.0 Å². The molecule has 0 aliphatic heterocycles. The number of hydrogen-bond acceptors (Lipinski definition) is 19. The molecule has 0 spiro atoms. The molecule has 0 N–H and O–H groups in total. The molecule has 1 fully saturated rings. The van der Waals surface area contributed by atoms with Crippen LogP contribution < -0.4 is 4.74 Å². The standard InChI is InChI=1S/C58H71FO19/c1-9-11-12-15-37-18-20-39(21-19-37)41-23-25-46(47(59)31-41)45-24-22-40(28-38(45)10-2)44-29-42(16-13-26-73-54(65)50(61)69-5)48(43(30-44)17-14-27-74-55(66)51(62)70-6)75-32-58(33-76-49(60)36(3)4,34-77-56(67)52(63)71-7)35-78-57(68)53(64)72-8/h22-25,28-31,37,39H,3,9-21,26-27,32-35H2,1-2,4-8H3. The number of carbonyl (C=O) groups is 9. The van der Waals surface area contributed by atoms with Gasteiger partial charge in [-0.05, 0) is 134 Å². The summed E-state index contributed by atoms with van der Waals surface area (Å²) in [6, 6.07) is 14.7. The first-order chi connectivity index (χ1) is 37.3. The van der Waals surface area contributed by atoms with Crippen molar-refractivity contribution in [1.82, 2.24) is 0 Å². The van der Waals surface area contributed by atoms with E-state index >= 15 is 4.39 Å². The van der Waals surface area contributed by atoms with E-state index < -0.39 is 85.6 Å². The molecule has 1 aliphatic carbocycles. The van der Waals surface area contributed by atoms with Crippen LogP contribution in [0.2, 0.25) is 0 Å². The highest BCUT2D eigenvalue weighted by atomic mass is 19.1. The largest absolute Gasteiger partial charge is 0.492 e. The van der Waals surface area contributed by atoms with Crippen LogP contribution in [0.3, 0.4) is 0 Å². The van der Waals surface area contributed by atoms with E-state index in [1.165, 1.54) is 32.6 Å². The Morgan fingerprint density at radius 1 is 0.538 bits per heavy atom. The third-order valence-electron chi connectivity index (χ3n) is 13.3. The van der Waals surface area contributed by atoms with Gasteiger partial charge in [0.2, 0.25) is 0 Å². The smallest absolute Gasteiger partial charge is 0.417 e. The second kappa shape index (κ2) is 31.5. The van der Waals surface area contributed by atoms with E-state index in [1.807, 2.05) is 37.3 Å². The van der Waals surface area contributed by atoms with Crippen LogP contribution in [0, 0.1) is 17.2 Å². The van der Waals surface area contributed by atoms with Crippen molar-refractivity contribution in [3.8, 4) is 28.0 Å². The van der Waals surface area contributed by atoms with Gasteiger partial charge in [-0.2, -0.15) is 0 Å². The van der Waals surface area contributed by atoms with E-state index in [4.69, 9.17) is 28.4 Å². The van der Waals surface area contributed by atoms with Crippen LogP contribution in [0.4, 0.5) is 4.39 Å². The summed E-state index contributed by atoms with van der Waals surface area (Å²) in [6.45, 7) is 5.49. The number of ether oxygens (including phenoxy) is 10. The van der Waals surface area contributed by atoms with E-state index in [0.717, 1.165) is 71.2 Å². The van der Waals surface area contributed by atoms with Gasteiger partial charge in [-0.1, -0.05) is 76.4 Å². The average molecular weight is 1090 g/mol. The SMILES string of the molecule is C=C(C)C(=O)OCC(COC(=O)C(=O)OC)(COC(=O)C(=O)OC)COc1c(CCCOC(=O)C(=O)OC)cc(-c2ccc(-c3ccc(C4CCC(CCCCC)CC4)cc3F)c(CC)c2)cc1CCCOC(=O)C(=O)OC. The topological polar surface area (TPSA) is 246 Å². The lowest BCUT2D eigenvalue weighted by Gasteiger charge is -2.32. The van der Waals surface area contributed by atoms with E-state index in [9.17, 15) is 43.2 Å². The first-order valence-electron chi connectivity index (χ1n) is 25.9. The summed E-state index contributed by atoms with van der Waals surface area (Å²) < 4.78 is 67.1. The van der Waals surface area contributed by atoms with Crippen LogP contribution in [0.1, 0.15) is 113 Å². The fourth-order valence-corrected chi connectivity index (χ4v) is 8.96. The summed E-state index contributed by atoms with van der Waals surface area (Å²) in [5.74, 6) is -10.8. The molecule has 1 saturated carbocycles. The third-order valence-corrected chi connectivity index (χ3v) is 13.3. The van der Waals surface area contributed by atoms with Crippen LogP contribution in [0.5, 0.6) is 5.75 Å². The minimum absolute atomic E-state index is 0.0492. The van der Waals surface area contributed by atoms with Crippen molar-refractivity contribution in [2.24, 2.45) is 11.3 Å². The number of halogens is 1. The van der Waals surface area contributed by atoms with Crippen LogP contribution in [-0.2, 0) is 105 Å². The molecule has 20 heteroatoms. The Morgan fingerprint density at radius 2 is 1.01 bits per heavy atom. The first-order valence-corrected chi connectivity index (χ1v) is 25.9. The average Bonchev–Trinajstić information content (AvgIpc) is 3.45. The lowest BCUT2D eigenvalue weighted by molar-refractivity contribution is -0.177. The Balaban J connectivity index is 1.85. The van der Waals surface area contributed by atoms with Crippen molar-refractivity contribution in [3.63, 3.8) is 0 Å². The predicted molar refractivity (Wildman–Crippen MR) is 278 cm³/mol. The van der Waals surface area contributed by atoms with Crippen molar-refractivity contribution in [2.45, 2.75) is 110 Å². The lowest BCUT2D eigenvalue weighted by Crippen LogP contribution is -2.45. The third kappa shape index (κ3) is 18.5. The molecule has 0 atom stereocenters.